The number of hydrogen-bond donors (Lipinski definition) is 0. The van der Waals surface area contributed by atoms with E-state index >= 15 is 0 Å². The van der Waals surface area contributed by atoms with E-state index < -0.39 is 0 Å². The number of para-hydroxylation sites is 1. The van der Waals surface area contributed by atoms with Crippen LogP contribution in [0.5, 0.6) is 0 Å². The van der Waals surface area contributed by atoms with Crippen LogP contribution in [0.1, 0.15) is 47.9 Å². The van der Waals surface area contributed by atoms with E-state index in [1.807, 2.05) is 53.0 Å². The quantitative estimate of drug-likeness (QED) is 0.516. The third kappa shape index (κ3) is 3.14. The molecule has 0 unspecified atom stereocenters. The lowest BCUT2D eigenvalue weighted by Crippen LogP contribution is -2.31. The number of pyridine rings is 1. The Morgan fingerprint density at radius 2 is 2.13 bits per heavy atom. The van der Waals surface area contributed by atoms with Crippen molar-refractivity contribution in [2.24, 2.45) is 0 Å². The number of nitrogens with zero attached hydrogens (tertiary/aromatic N) is 6. The predicted octanol–water partition coefficient (Wildman–Crippen LogP) is 3.79. The molecule has 1 aromatic carbocycles. The second kappa shape index (κ2) is 7.37. The minimum absolute atomic E-state index is 0.0453. The lowest BCUT2D eigenvalue weighted by molar-refractivity contribution is 0.0712. The second-order valence-electron chi connectivity index (χ2n) is 7.49. The van der Waals surface area contributed by atoms with Crippen LogP contribution in [0.2, 0.25) is 0 Å². The van der Waals surface area contributed by atoms with Crippen molar-refractivity contribution in [3.05, 3.63) is 60.0 Å². The molecule has 1 amide bonds. The zero-order valence-electron chi connectivity index (χ0n) is 16.9. The van der Waals surface area contributed by atoms with Crippen molar-refractivity contribution in [1.82, 2.24) is 29.8 Å². The maximum atomic E-state index is 13.7. The van der Waals surface area contributed by atoms with Crippen LogP contribution in [-0.2, 0) is 6.54 Å². The highest BCUT2D eigenvalue weighted by molar-refractivity contribution is 6.07. The summed E-state index contributed by atoms with van der Waals surface area (Å²) >= 11 is 0. The van der Waals surface area contributed by atoms with Gasteiger partial charge in [-0.15, -0.1) is 0 Å². The van der Waals surface area contributed by atoms with Crippen LogP contribution >= 0.6 is 0 Å². The minimum atomic E-state index is -0.197. The molecule has 1 saturated heterocycles. The van der Waals surface area contributed by atoms with Gasteiger partial charge in [0.15, 0.2) is 5.82 Å². The van der Waals surface area contributed by atoms with E-state index in [2.05, 4.69) is 15.2 Å². The monoisotopic (exact) mass is 402 g/mol. The molecule has 8 nitrogen and oxygen atoms in total. The van der Waals surface area contributed by atoms with Crippen LogP contribution < -0.4 is 0 Å². The highest BCUT2D eigenvalue weighted by Crippen LogP contribution is 2.34. The Kier molecular flexibility index (Phi) is 4.54. The summed E-state index contributed by atoms with van der Waals surface area (Å²) < 4.78 is 7.23. The molecule has 0 bridgehead atoms. The van der Waals surface area contributed by atoms with Crippen molar-refractivity contribution in [3.63, 3.8) is 0 Å². The molecule has 1 atom stereocenters. The van der Waals surface area contributed by atoms with Crippen molar-refractivity contribution in [3.8, 4) is 11.3 Å². The van der Waals surface area contributed by atoms with Gasteiger partial charge in [-0.3, -0.25) is 9.48 Å². The van der Waals surface area contributed by atoms with Crippen molar-refractivity contribution in [2.75, 3.05) is 6.54 Å². The van der Waals surface area contributed by atoms with Crippen molar-refractivity contribution in [1.29, 1.82) is 0 Å². The summed E-state index contributed by atoms with van der Waals surface area (Å²) in [6.07, 6.45) is 5.45. The summed E-state index contributed by atoms with van der Waals surface area (Å²) in [7, 11) is 0. The number of aryl methyl sites for hydroxylation is 2. The van der Waals surface area contributed by atoms with Crippen LogP contribution in [0.25, 0.3) is 22.2 Å². The Morgan fingerprint density at radius 1 is 1.27 bits per heavy atom. The van der Waals surface area contributed by atoms with Crippen molar-refractivity contribution in [2.45, 2.75) is 39.3 Å². The molecule has 1 aliphatic rings. The smallest absolute Gasteiger partial charge is 0.255 e. The standard InChI is InChI=1S/C22H22N6O2/c1-3-27-13-15(12-23-27)19-11-17(16-7-4-5-8-18(16)25-19)22(29)28-10-6-9-20(28)21-24-14(2)26-30-21/h4-5,7-8,11-13,20H,3,6,9-10H2,1-2H3/t20-/m0/s1. The first-order valence-corrected chi connectivity index (χ1v) is 10.2. The zero-order chi connectivity index (χ0) is 20.7. The van der Waals surface area contributed by atoms with Gasteiger partial charge in [0.1, 0.15) is 6.04 Å². The summed E-state index contributed by atoms with van der Waals surface area (Å²) in [5.74, 6) is 1.03. The molecule has 0 saturated carbocycles. The number of aromatic nitrogens is 5. The molecule has 3 aromatic heterocycles. The number of fused-ring (bicyclic) bond motifs is 1. The average molecular weight is 402 g/mol. The maximum absolute atomic E-state index is 13.7. The van der Waals surface area contributed by atoms with Gasteiger partial charge in [0.2, 0.25) is 5.89 Å². The van der Waals surface area contributed by atoms with Crippen LogP contribution in [0.4, 0.5) is 0 Å². The van der Waals surface area contributed by atoms with E-state index in [1.165, 1.54) is 0 Å². The topological polar surface area (TPSA) is 89.9 Å². The number of amides is 1. The van der Waals surface area contributed by atoms with Gasteiger partial charge < -0.3 is 9.42 Å². The normalized spacial score (nSPS) is 16.5. The first kappa shape index (κ1) is 18.5. The van der Waals surface area contributed by atoms with E-state index in [0.717, 1.165) is 41.5 Å². The molecule has 8 heteroatoms. The van der Waals surface area contributed by atoms with Crippen LogP contribution in [0.15, 0.2) is 47.2 Å². The van der Waals surface area contributed by atoms with E-state index in [1.54, 1.807) is 13.1 Å². The van der Waals surface area contributed by atoms with Gasteiger partial charge in [-0.25, -0.2) is 4.98 Å². The summed E-state index contributed by atoms with van der Waals surface area (Å²) in [5, 5.41) is 9.08. The van der Waals surface area contributed by atoms with Gasteiger partial charge >= 0.3 is 0 Å². The molecule has 4 heterocycles. The Labute approximate surface area is 173 Å². The highest BCUT2D eigenvalue weighted by atomic mass is 16.5. The number of benzene rings is 1. The zero-order valence-corrected chi connectivity index (χ0v) is 16.9. The summed E-state index contributed by atoms with van der Waals surface area (Å²) in [5.41, 5.74) is 3.04. The lowest BCUT2D eigenvalue weighted by Gasteiger charge is -2.23. The van der Waals surface area contributed by atoms with Crippen LogP contribution in [-0.4, -0.2) is 42.3 Å². The summed E-state index contributed by atoms with van der Waals surface area (Å²) in [6.45, 7) is 5.25. The van der Waals surface area contributed by atoms with Gasteiger partial charge in [0, 0.05) is 30.2 Å². The van der Waals surface area contributed by atoms with E-state index in [-0.39, 0.29) is 11.9 Å². The first-order chi connectivity index (χ1) is 14.6. The van der Waals surface area contributed by atoms with Gasteiger partial charge in [-0.2, -0.15) is 10.1 Å². The summed E-state index contributed by atoms with van der Waals surface area (Å²) in [4.78, 5) is 24.7. The fourth-order valence-electron chi connectivity index (χ4n) is 4.04. The Morgan fingerprint density at radius 3 is 2.90 bits per heavy atom. The largest absolute Gasteiger partial charge is 0.337 e. The Balaban J connectivity index is 1.59. The highest BCUT2D eigenvalue weighted by Gasteiger charge is 2.35. The molecule has 0 aliphatic carbocycles. The number of likely N-dealkylation sites (tertiary alicyclic amines) is 1. The average Bonchev–Trinajstić information content (AvgIpc) is 3.52. The van der Waals surface area contributed by atoms with E-state index in [0.29, 0.717) is 23.8 Å². The maximum Gasteiger partial charge on any atom is 0.255 e. The van der Waals surface area contributed by atoms with Gasteiger partial charge in [0.05, 0.1) is 23.0 Å². The summed E-state index contributed by atoms with van der Waals surface area (Å²) in [6, 6.07) is 9.41. The molecule has 1 aliphatic heterocycles. The second-order valence-corrected chi connectivity index (χ2v) is 7.49. The minimum Gasteiger partial charge on any atom is -0.337 e. The molecular weight excluding hydrogens is 380 g/mol. The Hall–Kier alpha value is -3.55. The van der Waals surface area contributed by atoms with Gasteiger partial charge in [0.25, 0.3) is 5.91 Å². The van der Waals surface area contributed by atoms with E-state index in [4.69, 9.17) is 9.51 Å². The molecule has 30 heavy (non-hydrogen) atoms. The number of hydrogen-bond acceptors (Lipinski definition) is 6. The van der Waals surface area contributed by atoms with E-state index in [9.17, 15) is 4.79 Å². The third-order valence-electron chi connectivity index (χ3n) is 5.54. The third-order valence-corrected chi connectivity index (χ3v) is 5.54. The van der Waals surface area contributed by atoms with Gasteiger partial charge in [-0.05, 0) is 38.8 Å². The number of carbonyl (C=O) groups is 1. The van der Waals surface area contributed by atoms with Gasteiger partial charge in [-0.1, -0.05) is 23.4 Å². The molecule has 0 radical (unpaired) electrons. The fraction of sp³-hybridized carbons (Fsp3) is 0.318. The molecule has 1 fully saturated rings. The molecule has 5 rings (SSSR count). The molecular formula is C22H22N6O2. The predicted molar refractivity (Wildman–Crippen MR) is 111 cm³/mol. The van der Waals surface area contributed by atoms with Crippen LogP contribution in [0, 0.1) is 6.92 Å². The van der Waals surface area contributed by atoms with Crippen LogP contribution in [0.3, 0.4) is 0 Å². The number of carbonyl (C=O) groups excluding carboxylic acids is 1. The lowest BCUT2D eigenvalue weighted by atomic mass is 10.0. The van der Waals surface area contributed by atoms with Crippen molar-refractivity contribution < 1.29 is 9.32 Å². The number of rotatable bonds is 4. The molecule has 0 N–H and O–H groups in total. The Bertz CT molecular complexity index is 1230. The SMILES string of the molecule is CCn1cc(-c2cc(C(=O)N3CCC[C@H]3c3nc(C)no3)c3ccccc3n2)cn1. The first-order valence-electron chi connectivity index (χ1n) is 10.2. The molecule has 0 spiro atoms. The fourth-order valence-corrected chi connectivity index (χ4v) is 4.04. The molecule has 152 valence electrons. The molecule has 4 aromatic rings. The van der Waals surface area contributed by atoms with Crippen molar-refractivity contribution >= 4 is 16.8 Å².